The van der Waals surface area contributed by atoms with E-state index in [0.29, 0.717) is 10.3 Å². The predicted octanol–water partition coefficient (Wildman–Crippen LogP) is 0.853. The SMILES string of the molecule is C=CCn1c(=O)n(CC=C)c(=O)n(CC(=O)Nc2cc(Cl)c(OC)cc2OC)c1=O. The quantitative estimate of drug-likeness (QED) is 0.583. The average molecular weight is 437 g/mol. The minimum absolute atomic E-state index is 0.126. The van der Waals surface area contributed by atoms with Crippen LogP contribution in [-0.4, -0.2) is 33.8 Å². The Labute approximate surface area is 176 Å². The van der Waals surface area contributed by atoms with Crippen LogP contribution in [0, 0.1) is 0 Å². The third kappa shape index (κ3) is 4.54. The first-order valence-electron chi connectivity index (χ1n) is 8.66. The molecule has 0 saturated carbocycles. The molecule has 160 valence electrons. The number of halogens is 1. The van der Waals surface area contributed by atoms with Gasteiger partial charge in [0.25, 0.3) is 0 Å². The molecular formula is C19H21ClN4O6. The molecular weight excluding hydrogens is 416 g/mol. The van der Waals surface area contributed by atoms with E-state index in [2.05, 4.69) is 18.5 Å². The molecule has 1 N–H and O–H groups in total. The van der Waals surface area contributed by atoms with Crippen molar-refractivity contribution in [1.29, 1.82) is 0 Å². The van der Waals surface area contributed by atoms with Gasteiger partial charge < -0.3 is 14.8 Å². The molecule has 0 atom stereocenters. The predicted molar refractivity (Wildman–Crippen MR) is 113 cm³/mol. The molecule has 0 saturated heterocycles. The Hall–Kier alpha value is -3.53. The minimum atomic E-state index is -0.930. The Bertz CT molecular complexity index is 1110. The normalized spacial score (nSPS) is 10.4. The van der Waals surface area contributed by atoms with Crippen molar-refractivity contribution in [1.82, 2.24) is 13.7 Å². The van der Waals surface area contributed by atoms with Gasteiger partial charge in [0.1, 0.15) is 18.0 Å². The van der Waals surface area contributed by atoms with E-state index in [-0.39, 0.29) is 29.5 Å². The van der Waals surface area contributed by atoms with Gasteiger partial charge in [0, 0.05) is 6.07 Å². The molecule has 11 heteroatoms. The Morgan fingerprint density at radius 2 is 1.47 bits per heavy atom. The molecule has 0 aliphatic carbocycles. The first-order chi connectivity index (χ1) is 14.3. The van der Waals surface area contributed by atoms with Gasteiger partial charge in [0.2, 0.25) is 5.91 Å². The Morgan fingerprint density at radius 3 is 1.93 bits per heavy atom. The van der Waals surface area contributed by atoms with Gasteiger partial charge in [-0.3, -0.25) is 4.79 Å². The topological polar surface area (TPSA) is 114 Å². The Balaban J connectivity index is 2.47. The number of nitrogens with one attached hydrogen (secondary N) is 1. The highest BCUT2D eigenvalue weighted by Gasteiger charge is 2.18. The van der Waals surface area contributed by atoms with E-state index in [9.17, 15) is 19.2 Å². The maximum absolute atomic E-state index is 12.6. The second-order valence-electron chi connectivity index (χ2n) is 5.97. The molecule has 0 spiro atoms. The largest absolute Gasteiger partial charge is 0.495 e. The first kappa shape index (κ1) is 22.8. The van der Waals surface area contributed by atoms with Crippen LogP contribution in [0.2, 0.25) is 5.02 Å². The summed E-state index contributed by atoms with van der Waals surface area (Å²) in [5.41, 5.74) is -2.46. The van der Waals surface area contributed by atoms with Crippen LogP contribution in [0.25, 0.3) is 0 Å². The number of anilines is 1. The number of methoxy groups -OCH3 is 2. The van der Waals surface area contributed by atoms with E-state index in [1.165, 1.54) is 38.5 Å². The summed E-state index contributed by atoms with van der Waals surface area (Å²) < 4.78 is 12.6. The standard InChI is InChI=1S/C19H21ClN4O6/c1-5-7-22-17(26)23(8-6-2)19(28)24(18(22)27)11-16(25)21-13-9-12(20)14(29-3)10-15(13)30-4/h5-6,9-10H,1-2,7-8,11H2,3-4H3,(H,21,25). The van der Waals surface area contributed by atoms with Gasteiger partial charge in [-0.25, -0.2) is 28.1 Å². The number of amides is 1. The van der Waals surface area contributed by atoms with Crippen LogP contribution < -0.4 is 31.9 Å². The van der Waals surface area contributed by atoms with Crippen molar-refractivity contribution in [2.75, 3.05) is 19.5 Å². The van der Waals surface area contributed by atoms with Crippen LogP contribution >= 0.6 is 11.6 Å². The van der Waals surface area contributed by atoms with E-state index in [1.54, 1.807) is 0 Å². The van der Waals surface area contributed by atoms with Crippen LogP contribution in [0.5, 0.6) is 11.5 Å². The van der Waals surface area contributed by atoms with Gasteiger partial charge in [0.05, 0.1) is 38.0 Å². The lowest BCUT2D eigenvalue weighted by Crippen LogP contribution is -2.55. The smallest absolute Gasteiger partial charge is 0.337 e. The number of nitrogens with zero attached hydrogens (tertiary/aromatic N) is 3. The Morgan fingerprint density at radius 1 is 0.967 bits per heavy atom. The summed E-state index contributed by atoms with van der Waals surface area (Å²) in [7, 11) is 2.82. The lowest BCUT2D eigenvalue weighted by atomic mass is 10.2. The number of ether oxygens (including phenoxy) is 2. The zero-order chi connectivity index (χ0) is 22.4. The molecule has 2 rings (SSSR count). The fourth-order valence-electron chi connectivity index (χ4n) is 2.68. The number of aromatic nitrogens is 3. The van der Waals surface area contributed by atoms with Gasteiger partial charge in [-0.2, -0.15) is 0 Å². The van der Waals surface area contributed by atoms with E-state index in [1.807, 2.05) is 0 Å². The lowest BCUT2D eigenvalue weighted by Gasteiger charge is -2.14. The monoisotopic (exact) mass is 436 g/mol. The number of benzene rings is 1. The van der Waals surface area contributed by atoms with Crippen LogP contribution in [0.3, 0.4) is 0 Å². The summed E-state index contributed by atoms with van der Waals surface area (Å²) in [6.45, 7) is 6.09. The second kappa shape index (κ2) is 9.79. The number of hydrogen-bond donors (Lipinski definition) is 1. The zero-order valence-corrected chi connectivity index (χ0v) is 17.3. The summed E-state index contributed by atoms with van der Waals surface area (Å²) in [5, 5.41) is 2.76. The van der Waals surface area contributed by atoms with Crippen molar-refractivity contribution in [3.8, 4) is 11.5 Å². The zero-order valence-electron chi connectivity index (χ0n) is 16.5. The van der Waals surface area contributed by atoms with Gasteiger partial charge in [-0.1, -0.05) is 23.8 Å². The first-order valence-corrected chi connectivity index (χ1v) is 9.04. The number of rotatable bonds is 9. The number of hydrogen-bond acceptors (Lipinski definition) is 6. The fourth-order valence-corrected chi connectivity index (χ4v) is 2.92. The van der Waals surface area contributed by atoms with Crippen LogP contribution in [0.1, 0.15) is 0 Å². The Kier molecular flexibility index (Phi) is 7.43. The van der Waals surface area contributed by atoms with E-state index in [4.69, 9.17) is 21.1 Å². The highest BCUT2D eigenvalue weighted by atomic mass is 35.5. The molecule has 0 aliphatic heterocycles. The van der Waals surface area contributed by atoms with E-state index in [0.717, 1.165) is 9.13 Å². The molecule has 10 nitrogen and oxygen atoms in total. The summed E-state index contributed by atoms with van der Waals surface area (Å²) in [6.07, 6.45) is 2.67. The van der Waals surface area contributed by atoms with Gasteiger partial charge in [-0.15, -0.1) is 13.2 Å². The van der Waals surface area contributed by atoms with Crippen molar-refractivity contribution in [3.63, 3.8) is 0 Å². The van der Waals surface area contributed by atoms with Crippen molar-refractivity contribution >= 4 is 23.2 Å². The molecule has 0 fully saturated rings. The van der Waals surface area contributed by atoms with Crippen molar-refractivity contribution in [2.24, 2.45) is 0 Å². The van der Waals surface area contributed by atoms with Gasteiger partial charge in [0.15, 0.2) is 0 Å². The van der Waals surface area contributed by atoms with E-state index < -0.39 is 29.5 Å². The molecule has 0 unspecified atom stereocenters. The maximum atomic E-state index is 12.6. The lowest BCUT2D eigenvalue weighted by molar-refractivity contribution is -0.116. The highest BCUT2D eigenvalue weighted by Crippen LogP contribution is 2.35. The average Bonchev–Trinajstić information content (AvgIpc) is 2.72. The van der Waals surface area contributed by atoms with Crippen LogP contribution in [-0.2, 0) is 24.4 Å². The number of carbonyl (C=O) groups excluding carboxylic acids is 1. The molecule has 0 aliphatic rings. The van der Waals surface area contributed by atoms with Crippen molar-refractivity contribution in [3.05, 3.63) is 73.9 Å². The fraction of sp³-hybridized carbons (Fsp3) is 0.263. The summed E-state index contributed by atoms with van der Waals surface area (Å²) in [5.74, 6) is -0.105. The van der Waals surface area contributed by atoms with Crippen molar-refractivity contribution < 1.29 is 14.3 Å². The number of carbonyl (C=O) groups is 1. The van der Waals surface area contributed by atoms with Crippen molar-refractivity contribution in [2.45, 2.75) is 19.6 Å². The molecule has 1 aromatic heterocycles. The molecule has 1 heterocycles. The minimum Gasteiger partial charge on any atom is -0.495 e. The summed E-state index contributed by atoms with van der Waals surface area (Å²) >= 11 is 6.08. The second-order valence-corrected chi connectivity index (χ2v) is 6.37. The highest BCUT2D eigenvalue weighted by molar-refractivity contribution is 6.32. The summed E-state index contributed by atoms with van der Waals surface area (Å²) in [4.78, 5) is 50.1. The van der Waals surface area contributed by atoms with Gasteiger partial charge in [-0.05, 0) is 6.07 Å². The van der Waals surface area contributed by atoms with Crippen LogP contribution in [0.4, 0.5) is 5.69 Å². The third-order valence-corrected chi connectivity index (χ3v) is 4.35. The van der Waals surface area contributed by atoms with Crippen LogP contribution in [0.15, 0.2) is 51.8 Å². The molecule has 2 aromatic rings. The number of allylic oxidation sites excluding steroid dienone is 2. The summed E-state index contributed by atoms with van der Waals surface area (Å²) in [6, 6.07) is 2.89. The molecule has 30 heavy (non-hydrogen) atoms. The molecule has 1 aromatic carbocycles. The molecule has 0 radical (unpaired) electrons. The maximum Gasteiger partial charge on any atom is 0.337 e. The molecule has 0 bridgehead atoms. The molecule has 1 amide bonds. The van der Waals surface area contributed by atoms with Gasteiger partial charge >= 0.3 is 17.1 Å². The third-order valence-electron chi connectivity index (χ3n) is 4.06. The van der Waals surface area contributed by atoms with E-state index >= 15 is 0 Å².